The van der Waals surface area contributed by atoms with Crippen molar-refractivity contribution in [3.63, 3.8) is 0 Å². The van der Waals surface area contributed by atoms with Gasteiger partial charge in [0.25, 0.3) is 5.91 Å². The van der Waals surface area contributed by atoms with Gasteiger partial charge in [0, 0.05) is 13.0 Å². The van der Waals surface area contributed by atoms with Crippen molar-refractivity contribution in [1.29, 1.82) is 0 Å². The van der Waals surface area contributed by atoms with E-state index >= 15 is 0 Å². The number of hydrogen-bond acceptors (Lipinski definition) is 4. The van der Waals surface area contributed by atoms with Crippen LogP contribution >= 0.6 is 15.9 Å². The number of aliphatic hydroxyl groups is 1. The Morgan fingerprint density at radius 2 is 2.19 bits per heavy atom. The standard InChI is InChI=1S/C13H13BrFNO5/c14-9-3-7(15)1-2-11(9)21-6-12(18)16-5-8(17)4-10(16)13(19)20/h1-3,8,10,17H,4-6H2,(H,19,20)/t8?,10-/m0/s1. The van der Waals surface area contributed by atoms with Crippen molar-refractivity contribution in [3.05, 3.63) is 28.5 Å². The maximum Gasteiger partial charge on any atom is 0.326 e. The third-order valence-corrected chi connectivity index (χ3v) is 3.75. The number of aliphatic carboxylic acids is 1. The Kier molecular flexibility index (Phi) is 4.79. The first-order valence-corrected chi connectivity index (χ1v) is 6.96. The Morgan fingerprint density at radius 3 is 2.81 bits per heavy atom. The molecule has 114 valence electrons. The normalized spacial score (nSPS) is 21.4. The minimum absolute atomic E-state index is 0.00131. The summed E-state index contributed by atoms with van der Waals surface area (Å²) in [5.74, 6) is -1.89. The SMILES string of the molecule is O=C(O)[C@@H]1CC(O)CN1C(=O)COc1ccc(F)cc1Br. The molecule has 0 saturated carbocycles. The first kappa shape index (κ1) is 15.7. The van der Waals surface area contributed by atoms with Crippen LogP contribution in [0.15, 0.2) is 22.7 Å². The number of hydrogen-bond donors (Lipinski definition) is 2. The van der Waals surface area contributed by atoms with Crippen molar-refractivity contribution in [2.24, 2.45) is 0 Å². The lowest BCUT2D eigenvalue weighted by Crippen LogP contribution is -2.42. The molecular weight excluding hydrogens is 349 g/mol. The highest BCUT2D eigenvalue weighted by Crippen LogP contribution is 2.26. The van der Waals surface area contributed by atoms with E-state index in [4.69, 9.17) is 9.84 Å². The van der Waals surface area contributed by atoms with Gasteiger partial charge in [0.15, 0.2) is 6.61 Å². The molecule has 8 heteroatoms. The number of nitrogens with zero attached hydrogens (tertiary/aromatic N) is 1. The lowest BCUT2D eigenvalue weighted by molar-refractivity contribution is -0.149. The van der Waals surface area contributed by atoms with Crippen LogP contribution < -0.4 is 4.74 Å². The first-order valence-electron chi connectivity index (χ1n) is 6.16. The zero-order valence-corrected chi connectivity index (χ0v) is 12.4. The van der Waals surface area contributed by atoms with Crippen molar-refractivity contribution >= 4 is 27.8 Å². The van der Waals surface area contributed by atoms with Crippen LogP contribution in [0, 0.1) is 5.82 Å². The summed E-state index contributed by atoms with van der Waals surface area (Å²) >= 11 is 3.10. The van der Waals surface area contributed by atoms with Gasteiger partial charge in [-0.25, -0.2) is 9.18 Å². The van der Waals surface area contributed by atoms with Gasteiger partial charge in [0.05, 0.1) is 10.6 Å². The van der Waals surface area contributed by atoms with Crippen molar-refractivity contribution < 1.29 is 28.9 Å². The second kappa shape index (κ2) is 6.40. The number of carboxylic acids is 1. The number of likely N-dealkylation sites (tertiary alicyclic amines) is 1. The van der Waals surface area contributed by atoms with E-state index in [0.717, 1.165) is 4.90 Å². The molecule has 1 aliphatic heterocycles. The van der Waals surface area contributed by atoms with Crippen LogP contribution in [0.2, 0.25) is 0 Å². The highest BCUT2D eigenvalue weighted by Gasteiger charge is 2.38. The molecule has 1 unspecified atom stereocenters. The molecule has 1 saturated heterocycles. The molecule has 0 bridgehead atoms. The molecule has 21 heavy (non-hydrogen) atoms. The van der Waals surface area contributed by atoms with E-state index in [0.29, 0.717) is 4.47 Å². The molecule has 1 fully saturated rings. The van der Waals surface area contributed by atoms with Gasteiger partial charge < -0.3 is 19.8 Å². The minimum atomic E-state index is -1.16. The summed E-state index contributed by atoms with van der Waals surface area (Å²) in [6.07, 6.45) is -0.853. The van der Waals surface area contributed by atoms with Gasteiger partial charge in [-0.05, 0) is 34.1 Å². The fourth-order valence-electron chi connectivity index (χ4n) is 2.14. The average Bonchev–Trinajstić information content (AvgIpc) is 2.80. The van der Waals surface area contributed by atoms with Gasteiger partial charge in [-0.2, -0.15) is 0 Å². The predicted molar refractivity (Wildman–Crippen MR) is 73.4 cm³/mol. The topological polar surface area (TPSA) is 87.1 Å². The first-order chi connectivity index (χ1) is 9.88. The van der Waals surface area contributed by atoms with Crippen molar-refractivity contribution in [2.75, 3.05) is 13.2 Å². The molecule has 6 nitrogen and oxygen atoms in total. The van der Waals surface area contributed by atoms with Gasteiger partial charge in [0.1, 0.15) is 17.6 Å². The van der Waals surface area contributed by atoms with Gasteiger partial charge in [0.2, 0.25) is 0 Å². The Hall–Kier alpha value is -1.67. The quantitative estimate of drug-likeness (QED) is 0.835. The molecule has 0 spiro atoms. The number of carbonyl (C=O) groups excluding carboxylic acids is 1. The number of β-amino-alcohol motifs (C(OH)–C–C–N with tert-alkyl or cyclic N) is 1. The van der Waals surface area contributed by atoms with Crippen LogP contribution in [0.4, 0.5) is 4.39 Å². The molecule has 1 aromatic carbocycles. The molecule has 0 aliphatic carbocycles. The summed E-state index contributed by atoms with van der Waals surface area (Å²) in [4.78, 5) is 24.1. The zero-order chi connectivity index (χ0) is 15.6. The van der Waals surface area contributed by atoms with Crippen molar-refractivity contribution in [1.82, 2.24) is 4.90 Å². The van der Waals surface area contributed by atoms with Crippen LogP contribution in [0.1, 0.15) is 6.42 Å². The third kappa shape index (κ3) is 3.70. The molecule has 0 aromatic heterocycles. The van der Waals surface area contributed by atoms with Crippen LogP contribution in [-0.2, 0) is 9.59 Å². The summed E-state index contributed by atoms with van der Waals surface area (Å²) in [5, 5.41) is 18.5. The summed E-state index contributed by atoms with van der Waals surface area (Å²) < 4.78 is 18.5. The smallest absolute Gasteiger partial charge is 0.326 e. The van der Waals surface area contributed by atoms with Gasteiger partial charge in [-0.3, -0.25) is 4.79 Å². The van der Waals surface area contributed by atoms with E-state index in [2.05, 4.69) is 15.9 Å². The van der Waals surface area contributed by atoms with Gasteiger partial charge in [-0.15, -0.1) is 0 Å². The predicted octanol–water partition coefficient (Wildman–Crippen LogP) is 1.01. The van der Waals surface area contributed by atoms with E-state index in [-0.39, 0.29) is 25.3 Å². The molecule has 2 atom stereocenters. The van der Waals surface area contributed by atoms with E-state index in [9.17, 15) is 19.1 Å². The number of ether oxygens (including phenoxy) is 1. The third-order valence-electron chi connectivity index (χ3n) is 3.13. The lowest BCUT2D eigenvalue weighted by Gasteiger charge is -2.21. The van der Waals surface area contributed by atoms with E-state index in [1.807, 2.05) is 0 Å². The van der Waals surface area contributed by atoms with Crippen LogP contribution in [0.25, 0.3) is 0 Å². The fourth-order valence-corrected chi connectivity index (χ4v) is 2.60. The lowest BCUT2D eigenvalue weighted by atomic mass is 10.2. The molecule has 2 N–H and O–H groups in total. The van der Waals surface area contributed by atoms with E-state index in [1.54, 1.807) is 0 Å². The van der Waals surface area contributed by atoms with Gasteiger partial charge in [-0.1, -0.05) is 0 Å². The summed E-state index contributed by atoms with van der Waals surface area (Å²) in [6.45, 7) is -0.426. The molecule has 1 heterocycles. The summed E-state index contributed by atoms with van der Waals surface area (Å²) in [5.41, 5.74) is 0. The van der Waals surface area contributed by atoms with Crippen molar-refractivity contribution in [2.45, 2.75) is 18.6 Å². The van der Waals surface area contributed by atoms with Crippen LogP contribution in [0.3, 0.4) is 0 Å². The second-order valence-corrected chi connectivity index (χ2v) is 5.51. The largest absolute Gasteiger partial charge is 0.483 e. The molecule has 2 rings (SSSR count). The average molecular weight is 362 g/mol. The van der Waals surface area contributed by atoms with Crippen LogP contribution in [0.5, 0.6) is 5.75 Å². The minimum Gasteiger partial charge on any atom is -0.483 e. The van der Waals surface area contributed by atoms with Gasteiger partial charge >= 0.3 is 5.97 Å². The monoisotopic (exact) mass is 361 g/mol. The zero-order valence-electron chi connectivity index (χ0n) is 10.8. The van der Waals surface area contributed by atoms with E-state index < -0.39 is 29.8 Å². The summed E-state index contributed by atoms with van der Waals surface area (Å²) in [6, 6.07) is 2.69. The highest BCUT2D eigenvalue weighted by molar-refractivity contribution is 9.10. The number of rotatable bonds is 4. The number of benzene rings is 1. The molecule has 1 amide bonds. The number of amides is 1. The molecule has 1 aliphatic rings. The molecule has 1 aromatic rings. The second-order valence-electron chi connectivity index (χ2n) is 4.65. The Bertz CT molecular complexity index is 567. The Balaban J connectivity index is 1.99. The van der Waals surface area contributed by atoms with E-state index in [1.165, 1.54) is 18.2 Å². The summed E-state index contributed by atoms with van der Waals surface area (Å²) in [7, 11) is 0. The number of carboxylic acid groups (broad SMARTS) is 1. The molecule has 0 radical (unpaired) electrons. The fraction of sp³-hybridized carbons (Fsp3) is 0.385. The Labute approximate surface area is 128 Å². The number of carbonyl (C=O) groups is 2. The molecular formula is C13H13BrFNO5. The maximum atomic E-state index is 12.9. The number of aliphatic hydroxyl groups excluding tert-OH is 1. The maximum absolute atomic E-state index is 12.9. The highest BCUT2D eigenvalue weighted by atomic mass is 79.9. The van der Waals surface area contributed by atoms with Crippen LogP contribution in [-0.4, -0.2) is 52.3 Å². The number of halogens is 2. The van der Waals surface area contributed by atoms with Crippen molar-refractivity contribution in [3.8, 4) is 5.75 Å². The Morgan fingerprint density at radius 1 is 1.48 bits per heavy atom.